The number of amides is 1. The van der Waals surface area contributed by atoms with Crippen molar-refractivity contribution in [3.63, 3.8) is 0 Å². The van der Waals surface area contributed by atoms with Crippen molar-refractivity contribution in [1.82, 2.24) is 14.5 Å². The van der Waals surface area contributed by atoms with Gasteiger partial charge in [0.15, 0.2) is 0 Å². The molecular weight excluding hydrogens is 370 g/mol. The van der Waals surface area contributed by atoms with E-state index in [-0.39, 0.29) is 23.4 Å². The largest absolute Gasteiger partial charge is 0.341 e. The van der Waals surface area contributed by atoms with Crippen molar-refractivity contribution in [3.05, 3.63) is 51.9 Å². The van der Waals surface area contributed by atoms with E-state index < -0.39 is 0 Å². The van der Waals surface area contributed by atoms with Crippen molar-refractivity contribution >= 4 is 27.5 Å². The van der Waals surface area contributed by atoms with Gasteiger partial charge >= 0.3 is 0 Å². The first-order chi connectivity index (χ1) is 13.3. The maximum atomic E-state index is 13.1. The number of likely N-dealkylation sites (tertiary alicyclic amines) is 1. The van der Waals surface area contributed by atoms with E-state index >= 15 is 0 Å². The number of carbonyl (C=O) groups excluding carboxylic acids is 1. The van der Waals surface area contributed by atoms with Gasteiger partial charge in [0.1, 0.15) is 11.4 Å². The fraction of sp³-hybridized carbons (Fsp3) is 0.409. The summed E-state index contributed by atoms with van der Waals surface area (Å²) in [5.41, 5.74) is 3.08. The van der Waals surface area contributed by atoms with Gasteiger partial charge in [-0.05, 0) is 29.4 Å². The van der Waals surface area contributed by atoms with Crippen LogP contribution in [-0.4, -0.2) is 33.4 Å². The lowest BCUT2D eigenvalue weighted by Gasteiger charge is -2.19. The maximum absolute atomic E-state index is 13.1. The molecule has 146 valence electrons. The number of aromatic nitrogens is 2. The molecule has 1 aliphatic heterocycles. The van der Waals surface area contributed by atoms with E-state index in [9.17, 15) is 9.59 Å². The van der Waals surface area contributed by atoms with Gasteiger partial charge in [-0.15, -0.1) is 11.3 Å². The van der Waals surface area contributed by atoms with Crippen molar-refractivity contribution in [2.75, 3.05) is 13.1 Å². The van der Waals surface area contributed by atoms with E-state index in [1.807, 2.05) is 10.3 Å². The van der Waals surface area contributed by atoms with Gasteiger partial charge in [-0.2, -0.15) is 0 Å². The minimum Gasteiger partial charge on any atom is -0.341 e. The number of thiophene rings is 1. The molecule has 2 aromatic heterocycles. The van der Waals surface area contributed by atoms with Crippen LogP contribution in [0.3, 0.4) is 0 Å². The normalized spacial score (nSPS) is 14.8. The molecule has 0 aliphatic carbocycles. The molecule has 4 rings (SSSR count). The molecule has 0 N–H and O–H groups in total. The Balaban J connectivity index is 1.70. The molecule has 0 unspecified atom stereocenters. The van der Waals surface area contributed by atoms with Gasteiger partial charge in [0.2, 0.25) is 5.91 Å². The summed E-state index contributed by atoms with van der Waals surface area (Å²) in [7, 11) is 0. The molecule has 3 heterocycles. The van der Waals surface area contributed by atoms with Crippen LogP contribution >= 0.6 is 11.3 Å². The third kappa shape index (κ3) is 3.49. The fourth-order valence-electron chi connectivity index (χ4n) is 3.65. The Morgan fingerprint density at radius 3 is 2.46 bits per heavy atom. The molecule has 0 spiro atoms. The molecule has 28 heavy (non-hydrogen) atoms. The van der Waals surface area contributed by atoms with E-state index in [2.05, 4.69) is 50.0 Å². The Hall–Kier alpha value is -2.47. The molecule has 0 bridgehead atoms. The average Bonchev–Trinajstić information content (AvgIpc) is 3.33. The number of nitrogens with zero attached hydrogens (tertiary/aromatic N) is 3. The Morgan fingerprint density at radius 2 is 1.82 bits per heavy atom. The third-order valence-electron chi connectivity index (χ3n) is 5.39. The Labute approximate surface area is 168 Å². The van der Waals surface area contributed by atoms with Crippen molar-refractivity contribution in [1.29, 1.82) is 0 Å². The summed E-state index contributed by atoms with van der Waals surface area (Å²) in [4.78, 5) is 32.6. The number of rotatable bonds is 3. The van der Waals surface area contributed by atoms with Gasteiger partial charge in [0.25, 0.3) is 5.56 Å². The monoisotopic (exact) mass is 395 g/mol. The van der Waals surface area contributed by atoms with E-state index in [1.54, 1.807) is 0 Å². The van der Waals surface area contributed by atoms with Crippen molar-refractivity contribution in [2.45, 2.75) is 45.6 Å². The summed E-state index contributed by atoms with van der Waals surface area (Å²) >= 11 is 1.47. The average molecular weight is 396 g/mol. The smallest absolute Gasteiger partial charge is 0.263 e. The standard InChI is InChI=1S/C22H25N3O2S/c1-22(2,3)16-8-6-15(7-9-16)17-13-28-20-19(17)21(27)25(14-23-20)12-18(26)24-10-4-5-11-24/h6-9,13-14H,4-5,10-12H2,1-3H3. The predicted molar refractivity (Wildman–Crippen MR) is 114 cm³/mol. The lowest BCUT2D eigenvalue weighted by Crippen LogP contribution is -2.34. The number of fused-ring (bicyclic) bond motifs is 1. The minimum absolute atomic E-state index is 0.00735. The topological polar surface area (TPSA) is 55.2 Å². The van der Waals surface area contributed by atoms with Gasteiger partial charge in [0.05, 0.1) is 11.7 Å². The minimum atomic E-state index is -0.145. The molecule has 1 amide bonds. The number of benzene rings is 1. The summed E-state index contributed by atoms with van der Waals surface area (Å²) in [6, 6.07) is 8.36. The summed E-state index contributed by atoms with van der Waals surface area (Å²) < 4.78 is 1.45. The second-order valence-electron chi connectivity index (χ2n) is 8.42. The lowest BCUT2D eigenvalue weighted by atomic mass is 9.86. The van der Waals surface area contributed by atoms with Crippen LogP contribution in [0.15, 0.2) is 40.8 Å². The van der Waals surface area contributed by atoms with Crippen LogP contribution in [0.4, 0.5) is 0 Å². The van der Waals surface area contributed by atoms with Gasteiger partial charge in [-0.3, -0.25) is 14.2 Å². The highest BCUT2D eigenvalue weighted by molar-refractivity contribution is 7.17. The zero-order chi connectivity index (χ0) is 19.9. The molecule has 3 aromatic rings. The van der Waals surface area contributed by atoms with Crippen LogP contribution in [0.2, 0.25) is 0 Å². The summed E-state index contributed by atoms with van der Waals surface area (Å²) in [6.07, 6.45) is 3.58. The highest BCUT2D eigenvalue weighted by atomic mass is 32.1. The van der Waals surface area contributed by atoms with Crippen molar-refractivity contribution in [2.24, 2.45) is 0 Å². The predicted octanol–water partition coefficient (Wildman–Crippen LogP) is 4.04. The van der Waals surface area contributed by atoms with Crippen LogP contribution in [0.5, 0.6) is 0 Å². The van der Waals surface area contributed by atoms with Crippen molar-refractivity contribution in [3.8, 4) is 11.1 Å². The Kier molecular flexibility index (Phi) is 4.83. The second kappa shape index (κ2) is 7.17. The van der Waals surface area contributed by atoms with E-state index in [1.165, 1.54) is 27.8 Å². The van der Waals surface area contributed by atoms with Crippen LogP contribution in [-0.2, 0) is 16.8 Å². The van der Waals surface area contributed by atoms with Crippen molar-refractivity contribution < 1.29 is 4.79 Å². The molecule has 1 aromatic carbocycles. The van der Waals surface area contributed by atoms with Crippen LogP contribution in [0, 0.1) is 0 Å². The molecule has 1 saturated heterocycles. The molecule has 0 atom stereocenters. The van der Waals surface area contributed by atoms with E-state index in [0.717, 1.165) is 37.1 Å². The zero-order valence-electron chi connectivity index (χ0n) is 16.6. The molecule has 5 nitrogen and oxygen atoms in total. The molecule has 1 aliphatic rings. The molecule has 0 radical (unpaired) electrons. The Bertz CT molecular complexity index is 1070. The van der Waals surface area contributed by atoms with E-state index in [4.69, 9.17) is 0 Å². The highest BCUT2D eigenvalue weighted by Gasteiger charge is 2.20. The summed E-state index contributed by atoms with van der Waals surface area (Å²) in [5.74, 6) is -0.00735. The third-order valence-corrected chi connectivity index (χ3v) is 6.27. The molecular formula is C22H25N3O2S. The number of hydrogen-bond acceptors (Lipinski definition) is 4. The number of carbonyl (C=O) groups is 1. The van der Waals surface area contributed by atoms with Gasteiger partial charge in [0, 0.05) is 24.0 Å². The van der Waals surface area contributed by atoms with Crippen LogP contribution in [0.1, 0.15) is 39.2 Å². The fourth-order valence-corrected chi connectivity index (χ4v) is 4.56. The number of hydrogen-bond donors (Lipinski definition) is 0. The molecule has 0 saturated carbocycles. The highest BCUT2D eigenvalue weighted by Crippen LogP contribution is 2.32. The first kappa shape index (κ1) is 18.9. The van der Waals surface area contributed by atoms with Crippen LogP contribution in [0.25, 0.3) is 21.3 Å². The maximum Gasteiger partial charge on any atom is 0.263 e. The van der Waals surface area contributed by atoms with Gasteiger partial charge in [-0.1, -0.05) is 45.0 Å². The zero-order valence-corrected chi connectivity index (χ0v) is 17.4. The first-order valence-electron chi connectivity index (χ1n) is 9.70. The van der Waals surface area contributed by atoms with Gasteiger partial charge in [-0.25, -0.2) is 4.98 Å². The molecule has 1 fully saturated rings. The summed E-state index contributed by atoms with van der Waals surface area (Å²) in [6.45, 7) is 8.17. The second-order valence-corrected chi connectivity index (χ2v) is 9.28. The molecule has 6 heteroatoms. The lowest BCUT2D eigenvalue weighted by molar-refractivity contribution is -0.130. The first-order valence-corrected chi connectivity index (χ1v) is 10.6. The quantitative estimate of drug-likeness (QED) is 0.672. The SMILES string of the molecule is CC(C)(C)c1ccc(-c2csc3ncn(CC(=O)N4CCCC4)c(=O)c23)cc1. The Morgan fingerprint density at radius 1 is 1.14 bits per heavy atom. The summed E-state index contributed by atoms with van der Waals surface area (Å²) in [5, 5.41) is 2.59. The van der Waals surface area contributed by atoms with Gasteiger partial charge < -0.3 is 4.90 Å². The van der Waals surface area contributed by atoms with Crippen LogP contribution < -0.4 is 5.56 Å². The van der Waals surface area contributed by atoms with E-state index in [0.29, 0.717) is 10.2 Å².